The highest BCUT2D eigenvalue weighted by atomic mass is 19.1. The van der Waals surface area contributed by atoms with Gasteiger partial charge in [-0.2, -0.15) is 0 Å². The van der Waals surface area contributed by atoms with Crippen molar-refractivity contribution in [3.8, 4) is 0 Å². The number of benzene rings is 1. The first kappa shape index (κ1) is 14.3. The Morgan fingerprint density at radius 3 is 2.84 bits per heavy atom. The summed E-state index contributed by atoms with van der Waals surface area (Å²) in [4.78, 5) is 2.18. The first-order valence-corrected chi connectivity index (χ1v) is 7.38. The number of nitrogens with zero attached hydrogens (tertiary/aromatic N) is 1. The van der Waals surface area contributed by atoms with Crippen LogP contribution in [0.2, 0.25) is 0 Å². The molecular formula is C16H24FNO. The summed E-state index contributed by atoms with van der Waals surface area (Å²) in [5.41, 5.74) is 1.33. The third kappa shape index (κ3) is 3.08. The highest BCUT2D eigenvalue weighted by Crippen LogP contribution is 2.34. The Bertz CT molecular complexity index is 419. The average Bonchev–Trinajstić information content (AvgIpc) is 2.63. The highest BCUT2D eigenvalue weighted by molar-refractivity contribution is 5.56. The zero-order chi connectivity index (χ0) is 13.8. The molecule has 1 aromatic rings. The Balaban J connectivity index is 2.42. The zero-order valence-corrected chi connectivity index (χ0v) is 11.9. The number of para-hydroxylation sites is 1. The van der Waals surface area contributed by atoms with E-state index in [1.807, 2.05) is 6.07 Å². The van der Waals surface area contributed by atoms with Crippen LogP contribution in [0, 0.1) is 5.82 Å². The SMILES string of the molecule is CCC1CCCCCN1c1c(F)cccc1[C@@H](C)O. The van der Waals surface area contributed by atoms with Gasteiger partial charge in [0.05, 0.1) is 11.8 Å². The van der Waals surface area contributed by atoms with Gasteiger partial charge >= 0.3 is 0 Å². The second-order valence-electron chi connectivity index (χ2n) is 5.46. The van der Waals surface area contributed by atoms with Gasteiger partial charge in [0.15, 0.2) is 0 Å². The molecule has 0 radical (unpaired) electrons. The van der Waals surface area contributed by atoms with Crippen molar-refractivity contribution < 1.29 is 9.50 Å². The molecule has 1 unspecified atom stereocenters. The molecule has 1 heterocycles. The molecule has 0 amide bonds. The van der Waals surface area contributed by atoms with Crippen LogP contribution in [0.4, 0.5) is 10.1 Å². The van der Waals surface area contributed by atoms with Crippen molar-refractivity contribution in [1.29, 1.82) is 0 Å². The van der Waals surface area contributed by atoms with E-state index >= 15 is 0 Å². The third-order valence-corrected chi connectivity index (χ3v) is 4.10. The summed E-state index contributed by atoms with van der Waals surface area (Å²) >= 11 is 0. The molecule has 106 valence electrons. The van der Waals surface area contributed by atoms with Crippen LogP contribution in [0.3, 0.4) is 0 Å². The van der Waals surface area contributed by atoms with Crippen LogP contribution >= 0.6 is 0 Å². The monoisotopic (exact) mass is 265 g/mol. The molecule has 3 heteroatoms. The summed E-state index contributed by atoms with van der Waals surface area (Å²) < 4.78 is 14.3. The van der Waals surface area contributed by atoms with E-state index in [0.29, 0.717) is 17.3 Å². The molecule has 2 nitrogen and oxygen atoms in total. The summed E-state index contributed by atoms with van der Waals surface area (Å²) in [5, 5.41) is 9.90. The zero-order valence-electron chi connectivity index (χ0n) is 11.9. The Labute approximate surface area is 115 Å². The van der Waals surface area contributed by atoms with E-state index in [1.165, 1.54) is 18.9 Å². The Hall–Kier alpha value is -1.09. The topological polar surface area (TPSA) is 23.5 Å². The van der Waals surface area contributed by atoms with Crippen LogP contribution < -0.4 is 4.90 Å². The van der Waals surface area contributed by atoms with Crippen molar-refractivity contribution in [3.05, 3.63) is 29.6 Å². The third-order valence-electron chi connectivity index (χ3n) is 4.10. The number of halogens is 1. The van der Waals surface area contributed by atoms with Crippen LogP contribution in [0.25, 0.3) is 0 Å². The maximum atomic E-state index is 14.3. The van der Waals surface area contributed by atoms with Gasteiger partial charge < -0.3 is 10.0 Å². The van der Waals surface area contributed by atoms with E-state index < -0.39 is 6.10 Å². The average molecular weight is 265 g/mol. The van der Waals surface area contributed by atoms with Crippen LogP contribution in [0.5, 0.6) is 0 Å². The number of anilines is 1. The van der Waals surface area contributed by atoms with Gasteiger partial charge in [0.2, 0.25) is 0 Å². The van der Waals surface area contributed by atoms with Crippen molar-refractivity contribution in [2.45, 2.75) is 58.1 Å². The molecule has 1 aromatic carbocycles. The number of aliphatic hydroxyl groups is 1. The molecule has 0 spiro atoms. The lowest BCUT2D eigenvalue weighted by Gasteiger charge is -2.34. The van der Waals surface area contributed by atoms with Gasteiger partial charge in [-0.05, 0) is 32.3 Å². The van der Waals surface area contributed by atoms with Crippen molar-refractivity contribution in [2.75, 3.05) is 11.4 Å². The number of rotatable bonds is 3. The van der Waals surface area contributed by atoms with E-state index in [4.69, 9.17) is 0 Å². The predicted molar refractivity (Wildman–Crippen MR) is 76.9 cm³/mol. The van der Waals surface area contributed by atoms with Crippen molar-refractivity contribution in [1.82, 2.24) is 0 Å². The van der Waals surface area contributed by atoms with Gasteiger partial charge in [0, 0.05) is 18.2 Å². The Morgan fingerprint density at radius 1 is 1.37 bits per heavy atom. The standard InChI is InChI=1S/C16H24FNO/c1-3-13-8-5-4-6-11-18(13)16-14(12(2)19)9-7-10-15(16)17/h7,9-10,12-13,19H,3-6,8,11H2,1-2H3/t12-,13?/m1/s1. The molecule has 1 N–H and O–H groups in total. The van der Waals surface area contributed by atoms with E-state index in [1.54, 1.807) is 13.0 Å². The van der Waals surface area contributed by atoms with E-state index in [0.717, 1.165) is 25.8 Å². The number of aliphatic hydroxyl groups excluding tert-OH is 1. The van der Waals surface area contributed by atoms with Crippen molar-refractivity contribution in [3.63, 3.8) is 0 Å². The first-order chi connectivity index (χ1) is 9.15. The number of hydrogen-bond donors (Lipinski definition) is 1. The minimum Gasteiger partial charge on any atom is -0.389 e. The summed E-state index contributed by atoms with van der Waals surface area (Å²) in [6.07, 6.45) is 5.03. The van der Waals surface area contributed by atoms with Gasteiger partial charge in [-0.3, -0.25) is 0 Å². The van der Waals surface area contributed by atoms with E-state index in [9.17, 15) is 9.50 Å². The first-order valence-electron chi connectivity index (χ1n) is 7.38. The highest BCUT2D eigenvalue weighted by Gasteiger charge is 2.25. The van der Waals surface area contributed by atoms with Gasteiger partial charge in [-0.1, -0.05) is 31.9 Å². The van der Waals surface area contributed by atoms with Crippen molar-refractivity contribution in [2.24, 2.45) is 0 Å². The fraction of sp³-hybridized carbons (Fsp3) is 0.625. The quantitative estimate of drug-likeness (QED) is 0.891. The largest absolute Gasteiger partial charge is 0.389 e. The predicted octanol–water partition coefficient (Wildman–Crippen LogP) is 4.04. The Kier molecular flexibility index (Phi) is 4.81. The molecule has 0 bridgehead atoms. The maximum absolute atomic E-state index is 14.3. The minimum absolute atomic E-state index is 0.209. The summed E-state index contributed by atoms with van der Waals surface area (Å²) in [7, 11) is 0. The lowest BCUT2D eigenvalue weighted by atomic mass is 10.0. The molecule has 1 fully saturated rings. The van der Waals surface area contributed by atoms with Crippen molar-refractivity contribution >= 4 is 5.69 Å². The van der Waals surface area contributed by atoms with E-state index in [-0.39, 0.29) is 5.82 Å². The van der Waals surface area contributed by atoms with Gasteiger partial charge in [-0.25, -0.2) is 4.39 Å². The summed E-state index contributed by atoms with van der Waals surface area (Å²) in [5.74, 6) is -0.209. The fourth-order valence-corrected chi connectivity index (χ4v) is 3.07. The molecule has 1 aliphatic rings. The van der Waals surface area contributed by atoms with Gasteiger partial charge in [0.25, 0.3) is 0 Å². The molecular weight excluding hydrogens is 241 g/mol. The smallest absolute Gasteiger partial charge is 0.146 e. The Morgan fingerprint density at radius 2 is 2.16 bits per heavy atom. The van der Waals surface area contributed by atoms with Gasteiger partial charge in [-0.15, -0.1) is 0 Å². The second kappa shape index (κ2) is 6.38. The van der Waals surface area contributed by atoms with Gasteiger partial charge in [0.1, 0.15) is 5.82 Å². The summed E-state index contributed by atoms with van der Waals surface area (Å²) in [6, 6.07) is 5.40. The maximum Gasteiger partial charge on any atom is 0.146 e. The minimum atomic E-state index is -0.633. The van der Waals surface area contributed by atoms with Crippen LogP contribution in [0.1, 0.15) is 57.6 Å². The van der Waals surface area contributed by atoms with Crippen LogP contribution in [0.15, 0.2) is 18.2 Å². The molecule has 1 aliphatic heterocycles. The molecule has 0 aromatic heterocycles. The molecule has 0 aliphatic carbocycles. The van der Waals surface area contributed by atoms with Crippen LogP contribution in [-0.4, -0.2) is 17.7 Å². The molecule has 0 saturated carbocycles. The normalized spacial score (nSPS) is 22.1. The lowest BCUT2D eigenvalue weighted by Crippen LogP contribution is -2.36. The number of hydrogen-bond acceptors (Lipinski definition) is 2. The summed E-state index contributed by atoms with van der Waals surface area (Å²) in [6.45, 7) is 4.75. The fourth-order valence-electron chi connectivity index (χ4n) is 3.07. The second-order valence-corrected chi connectivity index (χ2v) is 5.46. The van der Waals surface area contributed by atoms with Crippen LogP contribution in [-0.2, 0) is 0 Å². The molecule has 2 rings (SSSR count). The lowest BCUT2D eigenvalue weighted by molar-refractivity contribution is 0.199. The van der Waals surface area contributed by atoms with E-state index in [2.05, 4.69) is 11.8 Å². The molecule has 2 atom stereocenters. The molecule has 19 heavy (non-hydrogen) atoms. The molecule has 1 saturated heterocycles.